The molecule has 5 N–H and O–H groups in total. The lowest BCUT2D eigenvalue weighted by Crippen LogP contribution is -2.61. The molecule has 15 nitrogen and oxygen atoms in total. The van der Waals surface area contributed by atoms with Crippen LogP contribution >= 0.6 is 0 Å². The molecule has 1 heterocycles. The van der Waals surface area contributed by atoms with Crippen molar-refractivity contribution in [3.8, 4) is 5.75 Å². The van der Waals surface area contributed by atoms with Crippen LogP contribution in [0, 0.1) is 10.1 Å². The zero-order valence-electron chi connectivity index (χ0n) is 19.2. The minimum absolute atomic E-state index is 0.104. The summed E-state index contributed by atoms with van der Waals surface area (Å²) in [5.41, 5.74) is 1.92. The number of aliphatic hydroxyl groups excluding tert-OH is 3. The van der Waals surface area contributed by atoms with E-state index in [4.69, 9.17) is 19.3 Å². The Bertz CT molecular complexity index is 985. The van der Waals surface area contributed by atoms with E-state index in [2.05, 4.69) is 10.5 Å². The van der Waals surface area contributed by atoms with Gasteiger partial charge in [-0.3, -0.25) is 19.7 Å². The monoisotopic (exact) mass is 513 g/mol. The highest BCUT2D eigenvalue weighted by molar-refractivity contribution is 5.74. The number of hydrazone groups is 1. The van der Waals surface area contributed by atoms with Gasteiger partial charge in [-0.05, 0) is 30.9 Å². The molecule has 1 aromatic carbocycles. The topological polar surface area (TPSA) is 227 Å². The van der Waals surface area contributed by atoms with Gasteiger partial charge in [-0.15, -0.1) is 0 Å². The first-order valence-corrected chi connectivity index (χ1v) is 10.8. The number of nitro benzene ring substituents is 1. The minimum atomic E-state index is -1.94. The fraction of sp³-hybridized carbons (Fsp3) is 0.524. The molecule has 2 rings (SSSR count). The second-order valence-electron chi connectivity index (χ2n) is 7.80. The molecule has 1 aliphatic heterocycles. The molecule has 36 heavy (non-hydrogen) atoms. The lowest BCUT2D eigenvalue weighted by Gasteiger charge is -2.38. The summed E-state index contributed by atoms with van der Waals surface area (Å²) in [5.74, 6) is -2.86. The number of amides is 1. The molecule has 15 heteroatoms. The number of unbranched alkanes of at least 4 members (excludes halogenated alkanes) is 2. The summed E-state index contributed by atoms with van der Waals surface area (Å²) in [6, 6.07) is 3.55. The number of hydrogen-bond donors (Lipinski definition) is 5. The third-order valence-corrected chi connectivity index (χ3v) is 4.95. The molecule has 0 radical (unpaired) electrons. The number of hydrogen-bond acceptors (Lipinski definition) is 12. The molecule has 1 amide bonds. The van der Waals surface area contributed by atoms with Crippen molar-refractivity contribution in [1.29, 1.82) is 0 Å². The van der Waals surface area contributed by atoms with Gasteiger partial charge in [0.05, 0.1) is 4.92 Å². The Morgan fingerprint density at radius 2 is 1.92 bits per heavy atom. The molecule has 0 bridgehead atoms. The maximum Gasteiger partial charge on any atom is 0.335 e. The third kappa shape index (κ3) is 8.23. The van der Waals surface area contributed by atoms with E-state index in [1.807, 2.05) is 0 Å². The number of nitrogens with zero attached hydrogens (tertiary/aromatic N) is 2. The van der Waals surface area contributed by atoms with Gasteiger partial charge in [0.25, 0.3) is 0 Å². The van der Waals surface area contributed by atoms with Crippen LogP contribution in [0.5, 0.6) is 5.75 Å². The van der Waals surface area contributed by atoms with Gasteiger partial charge in [-0.1, -0.05) is 6.07 Å². The number of carbonyl (C=O) groups is 3. The van der Waals surface area contributed by atoms with E-state index in [0.29, 0.717) is 19.3 Å². The number of rotatable bonds is 12. The molecule has 5 atom stereocenters. The minimum Gasteiger partial charge on any atom is -0.479 e. The number of benzene rings is 1. The summed E-state index contributed by atoms with van der Waals surface area (Å²) >= 11 is 0. The van der Waals surface area contributed by atoms with Crippen molar-refractivity contribution >= 4 is 29.7 Å². The van der Waals surface area contributed by atoms with Crippen LogP contribution in [0.4, 0.5) is 5.69 Å². The Morgan fingerprint density at radius 1 is 1.19 bits per heavy atom. The van der Waals surface area contributed by atoms with Crippen LogP contribution in [0.3, 0.4) is 0 Å². The number of aliphatic hydroxyl groups is 3. The summed E-state index contributed by atoms with van der Waals surface area (Å²) in [6.07, 6.45) is -6.25. The van der Waals surface area contributed by atoms with Crippen LogP contribution in [0.2, 0.25) is 0 Å². The van der Waals surface area contributed by atoms with E-state index in [9.17, 15) is 39.8 Å². The van der Waals surface area contributed by atoms with E-state index in [1.165, 1.54) is 19.2 Å². The van der Waals surface area contributed by atoms with Crippen molar-refractivity contribution < 1.29 is 53.9 Å². The van der Waals surface area contributed by atoms with Gasteiger partial charge in [0.15, 0.2) is 11.9 Å². The average molecular weight is 513 g/mol. The molecule has 198 valence electrons. The molecule has 5 unspecified atom stereocenters. The smallest absolute Gasteiger partial charge is 0.335 e. The third-order valence-electron chi connectivity index (χ3n) is 4.95. The molecule has 0 spiro atoms. The molecular formula is C21H27N3O12. The number of carbonyl (C=O) groups excluding carboxylic acids is 2. The Morgan fingerprint density at radius 3 is 2.56 bits per heavy atom. The van der Waals surface area contributed by atoms with E-state index < -0.39 is 59.0 Å². The van der Waals surface area contributed by atoms with Gasteiger partial charge in [0.1, 0.15) is 24.9 Å². The lowest BCUT2D eigenvalue weighted by molar-refractivity contribution is -0.387. The molecule has 1 aromatic rings. The largest absolute Gasteiger partial charge is 0.479 e. The number of nitro groups is 1. The van der Waals surface area contributed by atoms with Crippen molar-refractivity contribution in [2.75, 3.05) is 0 Å². The zero-order chi connectivity index (χ0) is 26.8. The van der Waals surface area contributed by atoms with Gasteiger partial charge < -0.3 is 34.6 Å². The molecule has 1 fully saturated rings. The van der Waals surface area contributed by atoms with Crippen LogP contribution in [0.15, 0.2) is 23.3 Å². The number of ether oxygens (including phenoxy) is 3. The number of aliphatic carboxylic acids is 1. The standard InChI is InChI=1S/C21H27N3O12/c1-11(25)23-22-8-4-2-3-5-15(26)34-10-12-6-7-14(13(9-12)24(32)33)35-21-18(29)16(27)17(28)19(36-21)20(30)31/h6-9,16-19,21,27-29H,2-5,10H2,1H3,(H,23,25)(H,30,31)/b22-8+. The van der Waals surface area contributed by atoms with Crippen molar-refractivity contribution in [2.45, 2.75) is 69.9 Å². The quantitative estimate of drug-likeness (QED) is 0.0790. The van der Waals surface area contributed by atoms with Gasteiger partial charge in [0, 0.05) is 25.6 Å². The highest BCUT2D eigenvalue weighted by atomic mass is 16.7. The maximum absolute atomic E-state index is 11.9. The maximum atomic E-state index is 11.9. The summed E-state index contributed by atoms with van der Waals surface area (Å²) < 4.78 is 15.3. The van der Waals surface area contributed by atoms with Crippen molar-refractivity contribution in [3.05, 3.63) is 33.9 Å². The van der Waals surface area contributed by atoms with Crippen molar-refractivity contribution in [1.82, 2.24) is 5.43 Å². The first kappa shape index (κ1) is 28.6. The molecule has 1 aliphatic rings. The Labute approximate surface area is 204 Å². The predicted molar refractivity (Wildman–Crippen MR) is 119 cm³/mol. The Kier molecular flexibility index (Phi) is 10.7. The number of carboxylic acid groups (broad SMARTS) is 1. The number of esters is 1. The number of nitrogens with one attached hydrogen (secondary N) is 1. The van der Waals surface area contributed by atoms with E-state index in [1.54, 1.807) is 0 Å². The molecular weight excluding hydrogens is 486 g/mol. The highest BCUT2D eigenvalue weighted by Crippen LogP contribution is 2.32. The average Bonchev–Trinajstić information content (AvgIpc) is 2.82. The molecule has 0 aromatic heterocycles. The summed E-state index contributed by atoms with van der Waals surface area (Å²) in [6.45, 7) is 1.06. The fourth-order valence-electron chi connectivity index (χ4n) is 3.11. The zero-order valence-corrected chi connectivity index (χ0v) is 19.2. The number of carboxylic acids is 1. The van der Waals surface area contributed by atoms with Crippen LogP contribution in [-0.2, 0) is 30.5 Å². The van der Waals surface area contributed by atoms with E-state index in [-0.39, 0.29) is 24.5 Å². The first-order valence-electron chi connectivity index (χ1n) is 10.8. The van der Waals surface area contributed by atoms with Crippen LogP contribution in [0.1, 0.15) is 38.2 Å². The van der Waals surface area contributed by atoms with Crippen molar-refractivity contribution in [3.63, 3.8) is 0 Å². The van der Waals surface area contributed by atoms with E-state index >= 15 is 0 Å². The first-order chi connectivity index (χ1) is 17.0. The molecule has 0 saturated carbocycles. The highest BCUT2D eigenvalue weighted by Gasteiger charge is 2.48. The molecule has 0 aliphatic carbocycles. The van der Waals surface area contributed by atoms with Crippen LogP contribution < -0.4 is 10.2 Å². The van der Waals surface area contributed by atoms with Crippen LogP contribution in [-0.4, -0.2) is 80.1 Å². The summed E-state index contributed by atoms with van der Waals surface area (Å²) in [7, 11) is 0. The second-order valence-corrected chi connectivity index (χ2v) is 7.80. The van der Waals surface area contributed by atoms with Crippen molar-refractivity contribution in [2.24, 2.45) is 5.10 Å². The normalized spacial score (nSPS) is 23.7. The second kappa shape index (κ2) is 13.4. The molecule has 1 saturated heterocycles. The van der Waals surface area contributed by atoms with Gasteiger partial charge in [0.2, 0.25) is 12.2 Å². The van der Waals surface area contributed by atoms with Gasteiger partial charge >= 0.3 is 17.6 Å². The van der Waals surface area contributed by atoms with E-state index in [0.717, 1.165) is 12.1 Å². The summed E-state index contributed by atoms with van der Waals surface area (Å²) in [4.78, 5) is 44.5. The van der Waals surface area contributed by atoms with Gasteiger partial charge in [-0.25, -0.2) is 10.2 Å². The Balaban J connectivity index is 1.93. The summed E-state index contributed by atoms with van der Waals surface area (Å²) in [5, 5.41) is 53.9. The predicted octanol–water partition coefficient (Wildman–Crippen LogP) is -0.409. The Hall–Kier alpha value is -3.66. The van der Waals surface area contributed by atoms with Crippen LogP contribution in [0.25, 0.3) is 0 Å². The SMILES string of the molecule is CC(=O)N/N=C/CCCCC(=O)OCc1ccc(OC2OC(C(=O)O)C(O)C(O)C2O)c([N+](=O)[O-])c1. The lowest BCUT2D eigenvalue weighted by atomic mass is 9.99. The fourth-order valence-corrected chi connectivity index (χ4v) is 3.11. The van der Waals surface area contributed by atoms with Gasteiger partial charge in [-0.2, -0.15) is 5.10 Å².